The van der Waals surface area contributed by atoms with Crippen LogP contribution < -0.4 is 5.32 Å². The second-order valence-electron chi connectivity index (χ2n) is 5.61. The summed E-state index contributed by atoms with van der Waals surface area (Å²) < 4.78 is 2.11. The first-order valence-corrected chi connectivity index (χ1v) is 8.03. The Balaban J connectivity index is 1.78. The Kier molecular flexibility index (Phi) is 6.00. The lowest BCUT2D eigenvalue weighted by Crippen LogP contribution is -2.18. The van der Waals surface area contributed by atoms with Crippen molar-refractivity contribution in [3.63, 3.8) is 0 Å². The molecule has 0 unspecified atom stereocenters. The standard InChI is InChI=1S/C18H27N3/c1-4-18(5-2)21-13-11-17(20-21)14-19-12-10-16-9-7-6-8-15(16)3/h6-9,11,13,18-19H,4-5,10,12,14H2,1-3H3. The molecule has 1 aromatic carbocycles. The Morgan fingerprint density at radius 3 is 2.62 bits per heavy atom. The number of aryl methyl sites for hydroxylation is 1. The molecule has 1 N–H and O–H groups in total. The van der Waals surface area contributed by atoms with Gasteiger partial charge in [0.05, 0.1) is 11.7 Å². The van der Waals surface area contributed by atoms with Gasteiger partial charge in [-0.3, -0.25) is 4.68 Å². The van der Waals surface area contributed by atoms with Crippen LogP contribution in [0.5, 0.6) is 0 Å². The SMILES string of the molecule is CCC(CC)n1ccc(CNCCc2ccccc2C)n1. The summed E-state index contributed by atoms with van der Waals surface area (Å²) in [4.78, 5) is 0. The molecule has 0 atom stereocenters. The monoisotopic (exact) mass is 285 g/mol. The maximum atomic E-state index is 4.67. The average molecular weight is 285 g/mol. The van der Waals surface area contributed by atoms with Crippen LogP contribution in [0.2, 0.25) is 0 Å². The highest BCUT2D eigenvalue weighted by Gasteiger charge is 2.07. The van der Waals surface area contributed by atoms with Crippen LogP contribution in [0, 0.1) is 6.92 Å². The fourth-order valence-corrected chi connectivity index (χ4v) is 2.67. The number of benzene rings is 1. The van der Waals surface area contributed by atoms with E-state index in [-0.39, 0.29) is 0 Å². The van der Waals surface area contributed by atoms with Gasteiger partial charge in [-0.2, -0.15) is 5.10 Å². The first-order valence-electron chi connectivity index (χ1n) is 8.03. The molecule has 0 aliphatic rings. The van der Waals surface area contributed by atoms with Gasteiger partial charge in [-0.05, 0) is 49.9 Å². The van der Waals surface area contributed by atoms with Crippen molar-refractivity contribution in [2.24, 2.45) is 0 Å². The highest BCUT2D eigenvalue weighted by atomic mass is 15.3. The van der Waals surface area contributed by atoms with Gasteiger partial charge in [0.1, 0.15) is 0 Å². The maximum Gasteiger partial charge on any atom is 0.0762 e. The third kappa shape index (κ3) is 4.43. The topological polar surface area (TPSA) is 29.9 Å². The summed E-state index contributed by atoms with van der Waals surface area (Å²) >= 11 is 0. The van der Waals surface area contributed by atoms with Crippen molar-refractivity contribution < 1.29 is 0 Å². The van der Waals surface area contributed by atoms with Crippen LogP contribution in [-0.2, 0) is 13.0 Å². The van der Waals surface area contributed by atoms with E-state index in [0.717, 1.165) is 38.0 Å². The van der Waals surface area contributed by atoms with Gasteiger partial charge in [-0.25, -0.2) is 0 Å². The fourth-order valence-electron chi connectivity index (χ4n) is 2.67. The zero-order chi connectivity index (χ0) is 15.1. The molecular weight excluding hydrogens is 258 g/mol. The molecule has 0 saturated carbocycles. The van der Waals surface area contributed by atoms with Crippen LogP contribution >= 0.6 is 0 Å². The molecule has 1 aromatic heterocycles. The number of hydrogen-bond donors (Lipinski definition) is 1. The second-order valence-corrected chi connectivity index (χ2v) is 5.61. The lowest BCUT2D eigenvalue weighted by Gasteiger charge is -2.12. The largest absolute Gasteiger partial charge is 0.311 e. The second kappa shape index (κ2) is 7.99. The van der Waals surface area contributed by atoms with Crippen LogP contribution in [0.3, 0.4) is 0 Å². The summed E-state index contributed by atoms with van der Waals surface area (Å²) in [5, 5.41) is 8.16. The molecule has 2 aromatic rings. The Labute approximate surface area is 128 Å². The van der Waals surface area contributed by atoms with Crippen molar-refractivity contribution in [3.05, 3.63) is 53.3 Å². The predicted octanol–water partition coefficient (Wildman–Crippen LogP) is 3.88. The van der Waals surface area contributed by atoms with Crippen molar-refractivity contribution in [2.45, 2.75) is 52.6 Å². The number of hydrogen-bond acceptors (Lipinski definition) is 2. The minimum absolute atomic E-state index is 0.533. The molecule has 0 aliphatic heterocycles. The van der Waals surface area contributed by atoms with E-state index in [9.17, 15) is 0 Å². The van der Waals surface area contributed by atoms with E-state index >= 15 is 0 Å². The summed E-state index contributed by atoms with van der Waals surface area (Å²) in [6.45, 7) is 8.44. The molecule has 2 rings (SSSR count). The Morgan fingerprint density at radius 1 is 1.14 bits per heavy atom. The number of nitrogens with one attached hydrogen (secondary N) is 1. The molecule has 0 amide bonds. The first kappa shape index (κ1) is 15.8. The summed E-state index contributed by atoms with van der Waals surface area (Å²) in [5.41, 5.74) is 3.93. The summed E-state index contributed by atoms with van der Waals surface area (Å²) in [6, 6.07) is 11.2. The number of nitrogens with zero attached hydrogens (tertiary/aromatic N) is 2. The molecule has 0 bridgehead atoms. The smallest absolute Gasteiger partial charge is 0.0762 e. The van der Waals surface area contributed by atoms with Gasteiger partial charge in [0.15, 0.2) is 0 Å². The minimum Gasteiger partial charge on any atom is -0.311 e. The van der Waals surface area contributed by atoms with Crippen LogP contribution in [0.15, 0.2) is 36.5 Å². The van der Waals surface area contributed by atoms with Gasteiger partial charge in [0.25, 0.3) is 0 Å². The van der Waals surface area contributed by atoms with Crippen molar-refractivity contribution >= 4 is 0 Å². The molecule has 21 heavy (non-hydrogen) atoms. The minimum atomic E-state index is 0.533. The molecule has 1 heterocycles. The number of aromatic nitrogens is 2. The third-order valence-corrected chi connectivity index (χ3v) is 4.12. The zero-order valence-electron chi connectivity index (χ0n) is 13.5. The van der Waals surface area contributed by atoms with Crippen LogP contribution in [0.1, 0.15) is 49.6 Å². The lowest BCUT2D eigenvalue weighted by molar-refractivity contribution is 0.424. The lowest BCUT2D eigenvalue weighted by atomic mass is 10.1. The van der Waals surface area contributed by atoms with Crippen LogP contribution in [0.4, 0.5) is 0 Å². The van der Waals surface area contributed by atoms with E-state index in [2.05, 4.69) is 72.4 Å². The molecule has 0 aliphatic carbocycles. The van der Waals surface area contributed by atoms with Crippen LogP contribution in [-0.4, -0.2) is 16.3 Å². The molecule has 0 spiro atoms. The van der Waals surface area contributed by atoms with Crippen LogP contribution in [0.25, 0.3) is 0 Å². The fraction of sp³-hybridized carbons (Fsp3) is 0.500. The van der Waals surface area contributed by atoms with Crippen molar-refractivity contribution in [1.82, 2.24) is 15.1 Å². The van der Waals surface area contributed by atoms with Crippen molar-refractivity contribution in [3.8, 4) is 0 Å². The molecule has 3 nitrogen and oxygen atoms in total. The molecule has 114 valence electrons. The van der Waals surface area contributed by atoms with E-state index in [1.807, 2.05) is 0 Å². The zero-order valence-corrected chi connectivity index (χ0v) is 13.5. The van der Waals surface area contributed by atoms with E-state index in [1.54, 1.807) is 0 Å². The Morgan fingerprint density at radius 2 is 1.90 bits per heavy atom. The molecule has 3 heteroatoms. The quantitative estimate of drug-likeness (QED) is 0.746. The normalized spacial score (nSPS) is 11.2. The van der Waals surface area contributed by atoms with E-state index < -0.39 is 0 Å². The van der Waals surface area contributed by atoms with Gasteiger partial charge in [-0.1, -0.05) is 38.1 Å². The van der Waals surface area contributed by atoms with Crippen molar-refractivity contribution in [1.29, 1.82) is 0 Å². The van der Waals surface area contributed by atoms with Gasteiger partial charge >= 0.3 is 0 Å². The van der Waals surface area contributed by atoms with Gasteiger partial charge < -0.3 is 5.32 Å². The summed E-state index contributed by atoms with van der Waals surface area (Å²) in [5.74, 6) is 0. The average Bonchev–Trinajstić information content (AvgIpc) is 2.95. The van der Waals surface area contributed by atoms with Gasteiger partial charge in [-0.15, -0.1) is 0 Å². The summed E-state index contributed by atoms with van der Waals surface area (Å²) in [6.07, 6.45) is 5.45. The highest BCUT2D eigenvalue weighted by Crippen LogP contribution is 2.14. The maximum absolute atomic E-state index is 4.67. The molecule has 0 fully saturated rings. The van der Waals surface area contributed by atoms with Gasteiger partial charge in [0.2, 0.25) is 0 Å². The Bertz CT molecular complexity index is 541. The molecular formula is C18H27N3. The Hall–Kier alpha value is -1.61. The molecule has 0 radical (unpaired) electrons. The third-order valence-electron chi connectivity index (χ3n) is 4.12. The predicted molar refractivity (Wildman–Crippen MR) is 88.4 cm³/mol. The van der Waals surface area contributed by atoms with E-state index in [0.29, 0.717) is 6.04 Å². The first-order chi connectivity index (χ1) is 10.2. The van der Waals surface area contributed by atoms with E-state index in [4.69, 9.17) is 0 Å². The van der Waals surface area contributed by atoms with Crippen molar-refractivity contribution in [2.75, 3.05) is 6.54 Å². The highest BCUT2D eigenvalue weighted by molar-refractivity contribution is 5.25. The van der Waals surface area contributed by atoms with E-state index in [1.165, 1.54) is 11.1 Å². The summed E-state index contributed by atoms with van der Waals surface area (Å²) in [7, 11) is 0. The molecule has 0 saturated heterocycles. The number of rotatable bonds is 8. The van der Waals surface area contributed by atoms with Gasteiger partial charge in [0, 0.05) is 12.7 Å².